The zero-order chi connectivity index (χ0) is 87.2. The summed E-state index contributed by atoms with van der Waals surface area (Å²) in [5.41, 5.74) is 4.68. The lowest BCUT2D eigenvalue weighted by Gasteiger charge is -2.36. The first kappa shape index (κ1) is 108. The second-order valence-corrected chi connectivity index (χ2v) is 55.7. The number of hydrogen-bond donors (Lipinski definition) is 3. The highest BCUT2D eigenvalue weighted by molar-refractivity contribution is 7.85. The maximum atomic E-state index is 13.3. The van der Waals surface area contributed by atoms with Crippen molar-refractivity contribution in [3.8, 4) is 23.0 Å². The second-order valence-electron chi connectivity index (χ2n) is 38.4. The molecule has 113 heavy (non-hydrogen) atoms. The molecular formula is C87H157O20P3SSi2. The van der Waals surface area contributed by atoms with Crippen LogP contribution in [-0.4, -0.2) is 119 Å². The third-order valence-corrected chi connectivity index (χ3v) is 34.5. The summed E-state index contributed by atoms with van der Waals surface area (Å²) in [5.74, 6) is 2.56. The van der Waals surface area contributed by atoms with Gasteiger partial charge in [-0.1, -0.05) is 86.6 Å². The third-order valence-electron chi connectivity index (χ3n) is 17.5. The number of aromatic hydroxyl groups is 1. The van der Waals surface area contributed by atoms with Gasteiger partial charge in [-0.3, -0.25) is 17.9 Å². The molecule has 0 spiro atoms. The Kier molecular flexibility index (Phi) is 44.9. The molecule has 20 nitrogen and oxygen atoms in total. The van der Waals surface area contributed by atoms with Crippen molar-refractivity contribution < 1.29 is 91.8 Å². The summed E-state index contributed by atoms with van der Waals surface area (Å²) in [4.78, 5) is 0. The number of phenolic OH excluding ortho intramolecular Hbond substituents is 1. The Morgan fingerprint density at radius 3 is 0.814 bits per heavy atom. The minimum Gasteiger partial charge on any atom is -0.508 e. The maximum Gasteiger partial charge on any atom is 0.331 e. The van der Waals surface area contributed by atoms with E-state index in [4.69, 9.17) is 54.4 Å². The molecule has 4 aromatic carbocycles. The number of ether oxygens (including phenoxy) is 3. The number of aliphatic hydroxyl groups is 2. The molecule has 4 aromatic rings. The van der Waals surface area contributed by atoms with E-state index in [-0.39, 0.29) is 29.9 Å². The quantitative estimate of drug-likeness (QED) is 0.0161. The summed E-state index contributed by atoms with van der Waals surface area (Å²) < 4.78 is 132. The highest BCUT2D eigenvalue weighted by Crippen LogP contribution is 2.57. The highest BCUT2D eigenvalue weighted by atomic mass is 32.2. The molecule has 0 atom stereocenters. The molecule has 0 bridgehead atoms. The molecule has 0 saturated carbocycles. The van der Waals surface area contributed by atoms with Gasteiger partial charge in [-0.25, -0.2) is 0 Å². The van der Waals surface area contributed by atoms with E-state index in [9.17, 15) is 37.4 Å². The zero-order valence-corrected chi connectivity index (χ0v) is 81.7. The second kappa shape index (κ2) is 47.1. The van der Waals surface area contributed by atoms with Gasteiger partial charge in [0.15, 0.2) is 16.6 Å². The number of hydrogen-bond acceptors (Lipinski definition) is 20. The van der Waals surface area contributed by atoms with Crippen molar-refractivity contribution in [2.45, 2.75) is 367 Å². The van der Waals surface area contributed by atoms with Crippen molar-refractivity contribution in [3.63, 3.8) is 0 Å². The van der Waals surface area contributed by atoms with Gasteiger partial charge in [0.25, 0.3) is 10.1 Å². The summed E-state index contributed by atoms with van der Waals surface area (Å²) >= 11 is 0. The maximum absolute atomic E-state index is 13.3. The van der Waals surface area contributed by atoms with E-state index in [1.807, 2.05) is 150 Å². The van der Waals surface area contributed by atoms with Crippen LogP contribution in [0, 0.1) is 0 Å². The third kappa shape index (κ3) is 50.4. The first-order chi connectivity index (χ1) is 51.3. The fraction of sp³-hybridized carbons (Fsp3) is 0.724. The van der Waals surface area contributed by atoms with Crippen LogP contribution < -0.4 is 14.2 Å². The van der Waals surface area contributed by atoms with Crippen LogP contribution in [0.5, 0.6) is 23.0 Å². The van der Waals surface area contributed by atoms with Gasteiger partial charge in [-0.05, 0) is 331 Å². The van der Waals surface area contributed by atoms with Gasteiger partial charge in [0.1, 0.15) is 23.0 Å². The predicted molar refractivity (Wildman–Crippen MR) is 472 cm³/mol. The molecular weight excluding hydrogens is 1550 g/mol. The summed E-state index contributed by atoms with van der Waals surface area (Å²) in [7, 11) is -16.6. The minimum atomic E-state index is -3.50. The van der Waals surface area contributed by atoms with E-state index >= 15 is 0 Å². The Hall–Kier alpha value is -3.29. The van der Waals surface area contributed by atoms with Gasteiger partial charge in [-0.2, -0.15) is 8.42 Å². The topological polar surface area (TPSA) is 257 Å². The van der Waals surface area contributed by atoms with E-state index in [2.05, 4.69) is 106 Å². The number of rotatable bonds is 41. The van der Waals surface area contributed by atoms with E-state index < -0.39 is 83.1 Å². The first-order valence-electron chi connectivity index (χ1n) is 40.7. The minimum absolute atomic E-state index is 0.0140. The number of aliphatic hydroxyl groups excluding tert-OH is 2. The highest BCUT2D eigenvalue weighted by Gasteiger charge is 2.40. The number of benzene rings is 4. The molecule has 0 amide bonds. The molecule has 0 fully saturated rings. The Bertz CT molecular complexity index is 3610. The average Bonchev–Trinajstić information content (AvgIpc) is 0.844. The van der Waals surface area contributed by atoms with Crippen molar-refractivity contribution in [2.24, 2.45) is 0 Å². The van der Waals surface area contributed by atoms with Crippen LogP contribution in [0.15, 0.2) is 72.8 Å². The number of unbranched alkanes of at least 4 members (excludes halogenated alkanes) is 6. The van der Waals surface area contributed by atoms with Crippen molar-refractivity contribution in [1.29, 1.82) is 0 Å². The summed E-state index contributed by atoms with van der Waals surface area (Å²) in [5, 5.41) is 28.6. The molecule has 0 aliphatic heterocycles. The van der Waals surface area contributed by atoms with Crippen molar-refractivity contribution >= 4 is 49.5 Å². The summed E-state index contributed by atoms with van der Waals surface area (Å²) in [6.07, 6.45) is 12.1. The molecule has 3 N–H and O–H groups in total. The van der Waals surface area contributed by atoms with Crippen LogP contribution in [0.4, 0.5) is 0 Å². The van der Waals surface area contributed by atoms with Crippen molar-refractivity contribution in [3.05, 3.63) is 117 Å². The van der Waals surface area contributed by atoms with E-state index in [0.717, 1.165) is 98.5 Å². The zero-order valence-electron chi connectivity index (χ0n) is 76.2. The first-order valence-corrected chi connectivity index (χ1v) is 53.5. The largest absolute Gasteiger partial charge is 0.508 e. The van der Waals surface area contributed by atoms with Gasteiger partial charge >= 0.3 is 22.8 Å². The molecule has 0 heterocycles. The molecule has 0 saturated heterocycles. The predicted octanol–water partition coefficient (Wildman–Crippen LogP) is 24.8. The smallest absolute Gasteiger partial charge is 0.331 e. The summed E-state index contributed by atoms with van der Waals surface area (Å²) in [6, 6.07) is 23.1. The molecule has 0 aromatic heterocycles. The lowest BCUT2D eigenvalue weighted by molar-refractivity contribution is 0.0474. The fourth-order valence-electron chi connectivity index (χ4n) is 10.5. The molecule has 0 radical (unpaired) electrons. The lowest BCUT2D eigenvalue weighted by atomic mass is 10.1. The molecule has 0 unspecified atom stereocenters. The van der Waals surface area contributed by atoms with Crippen molar-refractivity contribution in [2.75, 3.05) is 44.6 Å². The van der Waals surface area contributed by atoms with E-state index in [1.165, 1.54) is 11.1 Å². The normalized spacial score (nSPS) is 13.3. The monoisotopic (exact) mass is 1700 g/mol. The van der Waals surface area contributed by atoms with Crippen molar-refractivity contribution in [1.82, 2.24) is 0 Å². The SMILES string of the molecule is CC(C)(C)OP(=O)(CCCCCOc1cc(CO)cc(CO)c1)OC(C)(C)C.CCc1cc(COS(C)(=O)=O)cc(OCCCCCP(=O)(OC(C)(C)C)OC(C)(C)C)c1.CCc1cc(CO[Si](C)(C)C(C)(C)C)cc(OCCCCCP(=O)(OC(C)(C)C)OC(C)(C)C)c1.CCc1cc(O)cc(CO[Si](C)(C)C(C)(C)C)c1. The molecule has 0 aliphatic rings. The molecule has 4 rings (SSSR count). The molecule has 0 aliphatic carbocycles. The van der Waals surface area contributed by atoms with Gasteiger partial charge < -0.3 is 65.5 Å². The summed E-state index contributed by atoms with van der Waals surface area (Å²) in [6.45, 7) is 65.5. The number of phenols is 1. The standard InChI is InChI=1S/C28H53O5PSi.C23H41O7PS.C21H37O6P.C15H26O2Si/c1-13-23-19-24(22-31-35(11,12)28(8,9)10)21-25(20-23)30-17-15-14-16-18-34(29,32-26(2,3)4)33-27(5,6)7;1-9-19-15-20(18-28-32(8,25)26)17-21(16-19)27-13-11-10-12-14-31(24,29-22(2,3)4)30-23(5,6)7;1-20(2,3)26-28(24,27-21(4,5)6)11-9-7-8-10-25-19-13-17(15-22)12-18(14-19)16-23;1-7-12-8-13(10-14(16)9-12)11-17-18(5,6)15(2,3)4/h19-21H,13-18,22H2,1-12H3;15-17H,9-14,18H2,1-8H3;12-14,22-23H,7-11,15-16H2,1-6H3;8-10,16H,7,11H2,1-6H3. The van der Waals surface area contributed by atoms with Crippen LogP contribution in [0.1, 0.15) is 289 Å². The Morgan fingerprint density at radius 2 is 0.566 bits per heavy atom. The van der Waals surface area contributed by atoms with E-state index in [1.54, 1.807) is 30.3 Å². The van der Waals surface area contributed by atoms with Crippen LogP contribution >= 0.6 is 22.8 Å². The molecule has 26 heteroatoms. The Labute approximate surface area is 689 Å². The average molecular weight is 1700 g/mol. The van der Waals surface area contributed by atoms with Crippen LogP contribution in [0.3, 0.4) is 0 Å². The van der Waals surface area contributed by atoms with Gasteiger partial charge in [0.05, 0.1) is 111 Å². The van der Waals surface area contributed by atoms with Gasteiger partial charge in [0, 0.05) is 0 Å². The lowest BCUT2D eigenvalue weighted by Crippen LogP contribution is -2.40. The van der Waals surface area contributed by atoms with Gasteiger partial charge in [0.2, 0.25) is 0 Å². The van der Waals surface area contributed by atoms with Crippen LogP contribution in [0.2, 0.25) is 36.3 Å². The van der Waals surface area contributed by atoms with Gasteiger partial charge in [-0.15, -0.1) is 0 Å². The number of aryl methyl sites for hydroxylation is 3. The Morgan fingerprint density at radius 1 is 0.336 bits per heavy atom. The Balaban J connectivity index is 0.000000770. The molecule has 654 valence electrons. The van der Waals surface area contributed by atoms with Crippen LogP contribution in [-0.2, 0) is 116 Å². The fourth-order valence-corrected chi connectivity index (χ4v) is 20.3. The van der Waals surface area contributed by atoms with E-state index in [0.29, 0.717) is 92.7 Å². The van der Waals surface area contributed by atoms with Crippen LogP contribution in [0.25, 0.3) is 0 Å².